The first-order valence-electron chi connectivity index (χ1n) is 9.40. The summed E-state index contributed by atoms with van der Waals surface area (Å²) in [6, 6.07) is 6.45. The molecule has 0 radical (unpaired) electrons. The minimum absolute atomic E-state index is 0.0656. The molecular weight excluding hydrogens is 367 g/mol. The fraction of sp³-hybridized carbons (Fsp3) is 0.526. The first-order valence-corrected chi connectivity index (χ1v) is 10.2. The number of halogens is 1. The Bertz CT molecular complexity index is 796. The van der Waals surface area contributed by atoms with E-state index in [1.165, 1.54) is 30.2 Å². The summed E-state index contributed by atoms with van der Waals surface area (Å²) in [5.74, 6) is 0.714. The molecule has 2 aliphatic rings. The molecule has 0 spiro atoms. The zero-order chi connectivity index (χ0) is 18.6. The lowest BCUT2D eigenvalue weighted by Crippen LogP contribution is -2.42. The number of anilines is 1. The molecule has 8 heteroatoms. The Morgan fingerprint density at radius 1 is 1.30 bits per heavy atom. The summed E-state index contributed by atoms with van der Waals surface area (Å²) in [6.07, 6.45) is 4.37. The standard InChI is InChI=1S/C19H23FN4O2S/c20-15-5-1-2-6-16(15)26-12-13-4-3-9-24(10-13)11-17(25)21-19-23-22-18(27-19)14-7-8-14/h1-2,5-6,13-14H,3-4,7-12H2,(H,21,23,25)/t13-/m1/s1. The Morgan fingerprint density at radius 2 is 2.15 bits per heavy atom. The molecule has 1 aliphatic heterocycles. The van der Waals surface area contributed by atoms with Gasteiger partial charge in [0, 0.05) is 18.4 Å². The van der Waals surface area contributed by atoms with E-state index >= 15 is 0 Å². The van der Waals surface area contributed by atoms with Gasteiger partial charge >= 0.3 is 0 Å². The van der Waals surface area contributed by atoms with Crippen molar-refractivity contribution in [3.63, 3.8) is 0 Å². The molecule has 27 heavy (non-hydrogen) atoms. The number of para-hydroxylation sites is 1. The zero-order valence-corrected chi connectivity index (χ0v) is 15.9. The maximum absolute atomic E-state index is 13.7. The van der Waals surface area contributed by atoms with Crippen molar-refractivity contribution in [3.8, 4) is 5.75 Å². The number of carbonyl (C=O) groups is 1. The maximum atomic E-state index is 13.7. The van der Waals surface area contributed by atoms with Crippen molar-refractivity contribution in [2.75, 3.05) is 31.6 Å². The summed E-state index contributed by atoms with van der Waals surface area (Å²) in [7, 11) is 0. The smallest absolute Gasteiger partial charge is 0.240 e. The summed E-state index contributed by atoms with van der Waals surface area (Å²) in [5, 5.41) is 12.7. The van der Waals surface area contributed by atoms with Crippen LogP contribution in [0.25, 0.3) is 0 Å². The molecule has 2 fully saturated rings. The molecule has 2 heterocycles. The van der Waals surface area contributed by atoms with Gasteiger partial charge in [0.05, 0.1) is 13.2 Å². The Labute approximate surface area is 161 Å². The van der Waals surface area contributed by atoms with Gasteiger partial charge < -0.3 is 4.74 Å². The number of amides is 1. The molecule has 6 nitrogen and oxygen atoms in total. The van der Waals surface area contributed by atoms with Crippen LogP contribution < -0.4 is 10.1 Å². The van der Waals surface area contributed by atoms with Gasteiger partial charge in [-0.25, -0.2) is 4.39 Å². The van der Waals surface area contributed by atoms with Gasteiger partial charge in [-0.15, -0.1) is 10.2 Å². The molecule has 1 saturated heterocycles. The van der Waals surface area contributed by atoms with Gasteiger partial charge in [-0.05, 0) is 44.4 Å². The Morgan fingerprint density at radius 3 is 2.96 bits per heavy atom. The first-order chi connectivity index (χ1) is 13.2. The van der Waals surface area contributed by atoms with E-state index in [1.807, 2.05) is 0 Å². The highest BCUT2D eigenvalue weighted by molar-refractivity contribution is 7.15. The van der Waals surface area contributed by atoms with Crippen LogP contribution in [0.1, 0.15) is 36.6 Å². The van der Waals surface area contributed by atoms with Crippen molar-refractivity contribution >= 4 is 22.4 Å². The van der Waals surface area contributed by atoms with E-state index in [0.717, 1.165) is 30.9 Å². The van der Waals surface area contributed by atoms with Gasteiger partial charge in [-0.2, -0.15) is 0 Å². The summed E-state index contributed by atoms with van der Waals surface area (Å²) >= 11 is 1.47. The Kier molecular flexibility index (Phi) is 5.63. The molecule has 0 bridgehead atoms. The van der Waals surface area contributed by atoms with E-state index in [-0.39, 0.29) is 23.4 Å². The maximum Gasteiger partial charge on any atom is 0.240 e. The summed E-state index contributed by atoms with van der Waals surface area (Å²) in [6.45, 7) is 2.44. The van der Waals surface area contributed by atoms with Gasteiger partial charge in [0.25, 0.3) is 0 Å². The lowest BCUT2D eigenvalue weighted by atomic mass is 9.99. The quantitative estimate of drug-likeness (QED) is 0.786. The van der Waals surface area contributed by atoms with Crippen LogP contribution in [-0.2, 0) is 4.79 Å². The third kappa shape index (κ3) is 5.01. The van der Waals surface area contributed by atoms with Crippen LogP contribution in [-0.4, -0.2) is 47.2 Å². The Balaban J connectivity index is 1.23. The average Bonchev–Trinajstić information content (AvgIpc) is 3.41. The highest BCUT2D eigenvalue weighted by atomic mass is 32.1. The fourth-order valence-corrected chi connectivity index (χ4v) is 4.27. The summed E-state index contributed by atoms with van der Waals surface area (Å²) in [5.41, 5.74) is 0. The normalized spacial score (nSPS) is 20.4. The van der Waals surface area contributed by atoms with Gasteiger partial charge in [-0.3, -0.25) is 15.0 Å². The molecule has 4 rings (SSSR count). The summed E-state index contributed by atoms with van der Waals surface area (Å²) < 4.78 is 19.3. The second-order valence-corrected chi connectivity index (χ2v) is 8.26. The molecule has 1 aromatic carbocycles. The number of likely N-dealkylation sites (tertiary alicyclic amines) is 1. The number of aromatic nitrogens is 2. The van der Waals surface area contributed by atoms with Crippen molar-refractivity contribution in [3.05, 3.63) is 35.1 Å². The third-order valence-electron chi connectivity index (χ3n) is 4.90. The average molecular weight is 390 g/mol. The van der Waals surface area contributed by atoms with Crippen LogP contribution in [0.5, 0.6) is 5.75 Å². The van der Waals surface area contributed by atoms with Crippen molar-refractivity contribution in [2.45, 2.75) is 31.6 Å². The van der Waals surface area contributed by atoms with Crippen molar-refractivity contribution in [1.29, 1.82) is 0 Å². The molecule has 2 aromatic rings. The highest BCUT2D eigenvalue weighted by Gasteiger charge is 2.28. The number of ether oxygens (including phenoxy) is 1. The third-order valence-corrected chi connectivity index (χ3v) is 5.90. The molecule has 1 aliphatic carbocycles. The highest BCUT2D eigenvalue weighted by Crippen LogP contribution is 2.42. The lowest BCUT2D eigenvalue weighted by molar-refractivity contribution is -0.117. The van der Waals surface area contributed by atoms with E-state index < -0.39 is 0 Å². The van der Waals surface area contributed by atoms with E-state index in [4.69, 9.17) is 4.74 Å². The van der Waals surface area contributed by atoms with Crippen LogP contribution in [0.3, 0.4) is 0 Å². The predicted molar refractivity (Wildman–Crippen MR) is 102 cm³/mol. The zero-order valence-electron chi connectivity index (χ0n) is 15.1. The number of rotatable bonds is 7. The second kappa shape index (κ2) is 8.31. The second-order valence-electron chi connectivity index (χ2n) is 7.25. The minimum atomic E-state index is -0.341. The number of hydrogen-bond donors (Lipinski definition) is 1. The van der Waals surface area contributed by atoms with Crippen molar-refractivity contribution in [1.82, 2.24) is 15.1 Å². The lowest BCUT2D eigenvalue weighted by Gasteiger charge is -2.31. The SMILES string of the molecule is O=C(CN1CCC[C@@H](COc2ccccc2F)C1)Nc1nnc(C2CC2)s1. The molecule has 0 unspecified atom stereocenters. The van der Waals surface area contributed by atoms with E-state index in [0.29, 0.717) is 24.2 Å². The van der Waals surface area contributed by atoms with Crippen LogP contribution >= 0.6 is 11.3 Å². The fourth-order valence-electron chi connectivity index (χ4n) is 3.34. The number of nitrogens with zero attached hydrogens (tertiary/aromatic N) is 3. The number of benzene rings is 1. The number of nitrogens with one attached hydrogen (secondary N) is 1. The molecule has 144 valence electrons. The summed E-state index contributed by atoms with van der Waals surface area (Å²) in [4.78, 5) is 14.4. The van der Waals surface area contributed by atoms with E-state index in [9.17, 15) is 9.18 Å². The Hall–Kier alpha value is -2.06. The molecular formula is C19H23FN4O2S. The first kappa shape index (κ1) is 18.3. The van der Waals surface area contributed by atoms with Crippen LogP contribution in [0.2, 0.25) is 0 Å². The minimum Gasteiger partial charge on any atom is -0.490 e. The number of hydrogen-bond acceptors (Lipinski definition) is 6. The number of piperidine rings is 1. The molecule has 1 aromatic heterocycles. The molecule has 1 atom stereocenters. The van der Waals surface area contributed by atoms with E-state index in [2.05, 4.69) is 20.4 Å². The monoisotopic (exact) mass is 390 g/mol. The van der Waals surface area contributed by atoms with Crippen LogP contribution in [0, 0.1) is 11.7 Å². The van der Waals surface area contributed by atoms with Crippen LogP contribution in [0.15, 0.2) is 24.3 Å². The van der Waals surface area contributed by atoms with E-state index in [1.54, 1.807) is 18.2 Å². The topological polar surface area (TPSA) is 67.3 Å². The largest absolute Gasteiger partial charge is 0.490 e. The van der Waals surface area contributed by atoms with Gasteiger partial charge in [-0.1, -0.05) is 23.5 Å². The van der Waals surface area contributed by atoms with Crippen molar-refractivity contribution in [2.24, 2.45) is 5.92 Å². The van der Waals surface area contributed by atoms with Gasteiger partial charge in [0.1, 0.15) is 5.01 Å². The molecule has 1 amide bonds. The van der Waals surface area contributed by atoms with Crippen LogP contribution in [0.4, 0.5) is 9.52 Å². The van der Waals surface area contributed by atoms with Gasteiger partial charge in [0.2, 0.25) is 11.0 Å². The number of carbonyl (C=O) groups excluding carboxylic acids is 1. The predicted octanol–water partition coefficient (Wildman–Crippen LogP) is 3.28. The van der Waals surface area contributed by atoms with Gasteiger partial charge in [0.15, 0.2) is 11.6 Å². The molecule has 1 N–H and O–H groups in total. The molecule has 1 saturated carbocycles. The van der Waals surface area contributed by atoms with Crippen molar-refractivity contribution < 1.29 is 13.9 Å².